The third-order valence-electron chi connectivity index (χ3n) is 8.92. The normalized spacial score (nSPS) is 14.8. The van der Waals surface area contributed by atoms with E-state index >= 15 is 0 Å². The second-order valence-electron chi connectivity index (χ2n) is 14.9. The fourth-order valence-corrected chi connectivity index (χ4v) is 8.26. The maximum absolute atomic E-state index is 13.8. The van der Waals surface area contributed by atoms with Crippen LogP contribution >= 0.6 is 0 Å². The van der Waals surface area contributed by atoms with Crippen LogP contribution in [0.1, 0.15) is 91.3 Å². The summed E-state index contributed by atoms with van der Waals surface area (Å²) >= 11 is 0. The van der Waals surface area contributed by atoms with Gasteiger partial charge in [0.2, 0.25) is 0 Å². The third kappa shape index (κ3) is 12.7. The standard InChI is InChI=1S/C36H56O7SSi/c1-28(43-29(2)37)24-31-18-14-19-32(25-31)36(8,33(38)41-26-30-16-12-11-13-17-30)21-15-20-35(6,7)27-44(39,40)23-22-42-45(9,10)34(3,4)5/h11-14,16-19,25,28H,15,20-24,26-27H2,1-10H3/t28-,36-/m1/s1. The molecule has 0 unspecified atom stereocenters. The van der Waals surface area contributed by atoms with E-state index in [1.165, 1.54) is 6.92 Å². The largest absolute Gasteiger partial charge is 0.463 e. The van der Waals surface area contributed by atoms with Gasteiger partial charge >= 0.3 is 11.9 Å². The van der Waals surface area contributed by atoms with Crippen molar-refractivity contribution >= 4 is 30.1 Å². The minimum atomic E-state index is -3.34. The summed E-state index contributed by atoms with van der Waals surface area (Å²) in [6.07, 6.45) is 1.96. The van der Waals surface area contributed by atoms with Gasteiger partial charge in [0, 0.05) is 20.0 Å². The Morgan fingerprint density at radius 3 is 2.11 bits per heavy atom. The van der Waals surface area contributed by atoms with Gasteiger partial charge < -0.3 is 13.9 Å². The summed E-state index contributed by atoms with van der Waals surface area (Å²) in [5.74, 6) is -0.601. The van der Waals surface area contributed by atoms with Crippen molar-refractivity contribution in [3.8, 4) is 0 Å². The molecule has 45 heavy (non-hydrogen) atoms. The number of hydrogen-bond acceptors (Lipinski definition) is 7. The number of ether oxygens (including phenoxy) is 2. The number of esters is 2. The van der Waals surface area contributed by atoms with Gasteiger partial charge in [-0.15, -0.1) is 0 Å². The highest BCUT2D eigenvalue weighted by molar-refractivity contribution is 7.91. The van der Waals surface area contributed by atoms with Crippen molar-refractivity contribution in [2.45, 2.75) is 117 Å². The molecule has 0 fully saturated rings. The van der Waals surface area contributed by atoms with E-state index in [-0.39, 0.29) is 47.8 Å². The first-order chi connectivity index (χ1) is 20.7. The Kier molecular flexibility index (Phi) is 13.6. The van der Waals surface area contributed by atoms with E-state index in [4.69, 9.17) is 13.9 Å². The monoisotopic (exact) mass is 660 g/mol. The van der Waals surface area contributed by atoms with Gasteiger partial charge in [-0.1, -0.05) is 95.6 Å². The topological polar surface area (TPSA) is 96.0 Å². The average Bonchev–Trinajstić information content (AvgIpc) is 2.90. The summed E-state index contributed by atoms with van der Waals surface area (Å²) in [5, 5.41) is 0.0189. The first-order valence-electron chi connectivity index (χ1n) is 16.0. The van der Waals surface area contributed by atoms with Gasteiger partial charge in [-0.25, -0.2) is 8.42 Å². The molecule has 252 valence electrons. The molecule has 2 aromatic carbocycles. The summed E-state index contributed by atoms with van der Waals surface area (Å²) in [7, 11) is -5.36. The molecule has 2 aromatic rings. The van der Waals surface area contributed by atoms with E-state index in [0.29, 0.717) is 25.7 Å². The molecule has 2 atom stereocenters. The van der Waals surface area contributed by atoms with Crippen molar-refractivity contribution in [2.75, 3.05) is 18.1 Å². The van der Waals surface area contributed by atoms with Crippen molar-refractivity contribution in [2.24, 2.45) is 5.41 Å². The lowest BCUT2D eigenvalue weighted by atomic mass is 9.75. The Morgan fingerprint density at radius 2 is 1.51 bits per heavy atom. The van der Waals surface area contributed by atoms with E-state index < -0.39 is 29.0 Å². The number of hydrogen-bond donors (Lipinski definition) is 0. The van der Waals surface area contributed by atoms with E-state index in [1.54, 1.807) is 0 Å². The van der Waals surface area contributed by atoms with E-state index in [9.17, 15) is 18.0 Å². The lowest BCUT2D eigenvalue weighted by Crippen LogP contribution is -2.42. The maximum Gasteiger partial charge on any atom is 0.316 e. The third-order valence-corrected chi connectivity index (χ3v) is 15.5. The molecule has 2 rings (SSSR count). The zero-order valence-electron chi connectivity index (χ0n) is 29.2. The fraction of sp³-hybridized carbons (Fsp3) is 0.611. The molecule has 0 bridgehead atoms. The molecule has 9 heteroatoms. The summed E-state index contributed by atoms with van der Waals surface area (Å²) in [6.45, 7) is 20.1. The quantitative estimate of drug-likeness (QED) is 0.126. The number of rotatable bonds is 17. The van der Waals surface area contributed by atoms with Gasteiger partial charge in [0.25, 0.3) is 0 Å². The first kappa shape index (κ1) is 38.7. The number of sulfone groups is 1. The highest BCUT2D eigenvalue weighted by Crippen LogP contribution is 2.37. The lowest BCUT2D eigenvalue weighted by Gasteiger charge is -2.36. The molecular weight excluding hydrogens is 605 g/mol. The summed E-state index contributed by atoms with van der Waals surface area (Å²) < 4.78 is 43.6. The number of carbonyl (C=O) groups excluding carboxylic acids is 2. The second-order valence-corrected chi connectivity index (χ2v) is 21.9. The van der Waals surface area contributed by atoms with Crippen molar-refractivity contribution in [3.05, 3.63) is 71.3 Å². The van der Waals surface area contributed by atoms with Crippen LogP contribution in [0.15, 0.2) is 54.6 Å². The van der Waals surface area contributed by atoms with Gasteiger partial charge in [-0.05, 0) is 66.9 Å². The molecule has 0 radical (unpaired) electrons. The Labute approximate surface area is 273 Å². The lowest BCUT2D eigenvalue weighted by molar-refractivity contribution is -0.152. The minimum absolute atomic E-state index is 0.00498. The van der Waals surface area contributed by atoms with Gasteiger partial charge in [-0.2, -0.15) is 0 Å². The average molecular weight is 661 g/mol. The zero-order valence-corrected chi connectivity index (χ0v) is 31.0. The molecule has 0 saturated heterocycles. The zero-order chi connectivity index (χ0) is 34.1. The molecule has 0 aromatic heterocycles. The molecule has 0 aliphatic rings. The van der Waals surface area contributed by atoms with Crippen LogP contribution < -0.4 is 0 Å². The van der Waals surface area contributed by atoms with E-state index in [1.807, 2.05) is 82.3 Å². The van der Waals surface area contributed by atoms with Crippen LogP contribution in [0.3, 0.4) is 0 Å². The fourth-order valence-electron chi connectivity index (χ4n) is 5.25. The van der Waals surface area contributed by atoms with Crippen LogP contribution in [-0.4, -0.2) is 52.9 Å². The molecule has 0 saturated carbocycles. The Hall–Kier alpha value is -2.49. The van der Waals surface area contributed by atoms with Crippen LogP contribution in [0.4, 0.5) is 0 Å². The summed E-state index contributed by atoms with van der Waals surface area (Å²) in [5.41, 5.74) is 1.24. The predicted molar refractivity (Wildman–Crippen MR) is 184 cm³/mol. The molecule has 7 nitrogen and oxygen atoms in total. The summed E-state index contributed by atoms with van der Waals surface area (Å²) in [4.78, 5) is 25.2. The number of carbonyl (C=O) groups is 2. The smallest absolute Gasteiger partial charge is 0.316 e. The van der Waals surface area contributed by atoms with Gasteiger partial charge in [0.15, 0.2) is 18.2 Å². The number of benzene rings is 2. The van der Waals surface area contributed by atoms with Crippen LogP contribution in [0.2, 0.25) is 18.1 Å². The Morgan fingerprint density at radius 1 is 0.889 bits per heavy atom. The highest BCUT2D eigenvalue weighted by Gasteiger charge is 2.39. The van der Waals surface area contributed by atoms with Crippen LogP contribution in [0, 0.1) is 5.41 Å². The van der Waals surface area contributed by atoms with Crippen LogP contribution in [0.5, 0.6) is 0 Å². The molecule has 0 amide bonds. The van der Waals surface area contributed by atoms with Crippen molar-refractivity contribution < 1.29 is 31.9 Å². The van der Waals surface area contributed by atoms with Crippen LogP contribution in [0.25, 0.3) is 0 Å². The van der Waals surface area contributed by atoms with E-state index in [0.717, 1.165) is 16.7 Å². The Bertz CT molecular complexity index is 1360. The minimum Gasteiger partial charge on any atom is -0.463 e. The van der Waals surface area contributed by atoms with Crippen LogP contribution in [-0.2, 0) is 51.8 Å². The van der Waals surface area contributed by atoms with E-state index in [2.05, 4.69) is 33.9 Å². The first-order valence-corrected chi connectivity index (χ1v) is 20.7. The molecular formula is C36H56O7SSi. The Balaban J connectivity index is 2.17. The molecule has 0 aliphatic heterocycles. The van der Waals surface area contributed by atoms with Crippen molar-refractivity contribution in [1.29, 1.82) is 0 Å². The SMILES string of the molecule is CC(=O)O[C@H](C)Cc1cccc([C@@](C)(CCCC(C)(C)CS(=O)(=O)CCO[Si](C)(C)C(C)(C)C)C(=O)OCc2ccccc2)c1. The van der Waals surface area contributed by atoms with Gasteiger partial charge in [-0.3, -0.25) is 9.59 Å². The van der Waals surface area contributed by atoms with Gasteiger partial charge in [0.1, 0.15) is 12.7 Å². The van der Waals surface area contributed by atoms with Crippen molar-refractivity contribution in [3.63, 3.8) is 0 Å². The highest BCUT2D eigenvalue weighted by atomic mass is 32.2. The predicted octanol–water partition coefficient (Wildman–Crippen LogP) is 7.81. The summed E-state index contributed by atoms with van der Waals surface area (Å²) in [6, 6.07) is 17.4. The van der Waals surface area contributed by atoms with Gasteiger partial charge in [0.05, 0.1) is 16.9 Å². The molecule has 0 spiro atoms. The molecule has 0 N–H and O–H groups in total. The second kappa shape index (κ2) is 15.9. The molecule has 0 heterocycles. The van der Waals surface area contributed by atoms with Crippen molar-refractivity contribution in [1.82, 2.24) is 0 Å². The maximum atomic E-state index is 13.8. The molecule has 0 aliphatic carbocycles.